The van der Waals surface area contributed by atoms with Crippen molar-refractivity contribution in [3.05, 3.63) is 58.2 Å². The van der Waals surface area contributed by atoms with Crippen molar-refractivity contribution in [2.45, 2.75) is 0 Å². The number of ether oxygens (including phenoxy) is 3. The Morgan fingerprint density at radius 2 is 1.73 bits per heavy atom. The quantitative estimate of drug-likeness (QED) is 0.461. The number of carbonyl (C=O) groups is 1. The maximum atomic E-state index is 12.6. The average molecular weight is 416 g/mol. The van der Waals surface area contributed by atoms with Gasteiger partial charge in [-0.1, -0.05) is 15.9 Å². The second-order valence-corrected chi connectivity index (χ2v) is 6.46. The summed E-state index contributed by atoms with van der Waals surface area (Å²) in [5.74, 6) is 1.19. The van der Waals surface area contributed by atoms with E-state index in [1.54, 1.807) is 18.2 Å². The molecule has 0 fully saturated rings. The molecule has 0 aliphatic carbocycles. The molecule has 0 unspecified atom stereocenters. The van der Waals surface area contributed by atoms with E-state index in [4.69, 9.17) is 14.2 Å². The number of fused-ring (bicyclic) bond motifs is 1. The fourth-order valence-electron chi connectivity index (χ4n) is 2.74. The number of rotatable bonds is 6. The number of H-pyrrole nitrogens is 1. The number of allylic oxidation sites excluding steroid dienone is 1. The largest absolute Gasteiger partial charge is 0.493 e. The molecule has 1 heterocycles. The summed E-state index contributed by atoms with van der Waals surface area (Å²) in [6, 6.07) is 9.24. The Morgan fingerprint density at radius 3 is 2.35 bits per heavy atom. The average Bonchev–Trinajstić information content (AvgIpc) is 3.06. The van der Waals surface area contributed by atoms with Crippen molar-refractivity contribution in [1.29, 1.82) is 0 Å². The van der Waals surface area contributed by atoms with Gasteiger partial charge in [-0.3, -0.25) is 4.79 Å². The minimum absolute atomic E-state index is 0.159. The molecule has 3 rings (SSSR count). The topological polar surface area (TPSA) is 60.6 Å². The fraction of sp³-hybridized carbons (Fsp3) is 0.150. The molecule has 1 aromatic heterocycles. The molecule has 6 heteroatoms. The number of hydrogen-bond donors (Lipinski definition) is 1. The van der Waals surface area contributed by atoms with Crippen LogP contribution in [0.2, 0.25) is 0 Å². The smallest absolute Gasteiger partial charge is 0.203 e. The Morgan fingerprint density at radius 1 is 1.04 bits per heavy atom. The van der Waals surface area contributed by atoms with Crippen molar-refractivity contribution in [1.82, 2.24) is 4.98 Å². The van der Waals surface area contributed by atoms with E-state index in [0.717, 1.165) is 20.9 Å². The van der Waals surface area contributed by atoms with Crippen LogP contribution in [-0.4, -0.2) is 32.1 Å². The minimum Gasteiger partial charge on any atom is -0.493 e. The van der Waals surface area contributed by atoms with Gasteiger partial charge in [0, 0.05) is 27.1 Å². The molecule has 5 nitrogen and oxygen atoms in total. The van der Waals surface area contributed by atoms with E-state index in [9.17, 15) is 4.79 Å². The molecule has 0 bridgehead atoms. The zero-order chi connectivity index (χ0) is 18.7. The lowest BCUT2D eigenvalue weighted by molar-refractivity contribution is 0.104. The van der Waals surface area contributed by atoms with Crippen LogP contribution in [0.3, 0.4) is 0 Å². The van der Waals surface area contributed by atoms with Crippen LogP contribution in [0.25, 0.3) is 17.0 Å². The van der Waals surface area contributed by atoms with E-state index in [0.29, 0.717) is 22.8 Å². The second kappa shape index (κ2) is 7.66. The maximum Gasteiger partial charge on any atom is 0.203 e. The van der Waals surface area contributed by atoms with Gasteiger partial charge >= 0.3 is 0 Å². The van der Waals surface area contributed by atoms with E-state index in [1.807, 2.05) is 24.4 Å². The molecule has 0 saturated carbocycles. The van der Waals surface area contributed by atoms with E-state index >= 15 is 0 Å². The third-order valence-corrected chi connectivity index (χ3v) is 4.53. The summed E-state index contributed by atoms with van der Waals surface area (Å²) in [6.07, 6.45) is 5.19. The van der Waals surface area contributed by atoms with Gasteiger partial charge in [0.1, 0.15) is 0 Å². The Balaban J connectivity index is 1.94. The van der Waals surface area contributed by atoms with E-state index in [2.05, 4.69) is 20.9 Å². The number of halogens is 1. The number of methoxy groups -OCH3 is 3. The van der Waals surface area contributed by atoms with Crippen LogP contribution in [-0.2, 0) is 0 Å². The Hall–Kier alpha value is -2.73. The molecule has 0 amide bonds. The zero-order valence-corrected chi connectivity index (χ0v) is 16.2. The summed E-state index contributed by atoms with van der Waals surface area (Å²) < 4.78 is 16.9. The van der Waals surface area contributed by atoms with Gasteiger partial charge in [-0.2, -0.15) is 0 Å². The maximum absolute atomic E-state index is 12.6. The van der Waals surface area contributed by atoms with Crippen LogP contribution in [0.5, 0.6) is 17.2 Å². The van der Waals surface area contributed by atoms with Gasteiger partial charge in [0.2, 0.25) is 5.75 Å². The highest BCUT2D eigenvalue weighted by Gasteiger charge is 2.15. The Kier molecular flexibility index (Phi) is 5.32. The molecule has 0 aliphatic rings. The minimum atomic E-state index is -0.159. The first-order valence-corrected chi connectivity index (χ1v) is 8.65. The monoisotopic (exact) mass is 415 g/mol. The van der Waals surface area contributed by atoms with Gasteiger partial charge in [-0.15, -0.1) is 0 Å². The third kappa shape index (κ3) is 3.46. The number of nitrogens with one attached hydrogen (secondary N) is 1. The predicted octanol–water partition coefficient (Wildman–Crippen LogP) is 4.85. The summed E-state index contributed by atoms with van der Waals surface area (Å²) in [4.78, 5) is 15.8. The van der Waals surface area contributed by atoms with Crippen LogP contribution < -0.4 is 14.2 Å². The van der Waals surface area contributed by atoms with E-state index < -0.39 is 0 Å². The summed E-state index contributed by atoms with van der Waals surface area (Å²) in [7, 11) is 4.56. The van der Waals surface area contributed by atoms with Gasteiger partial charge in [-0.25, -0.2) is 0 Å². The normalized spacial score (nSPS) is 11.1. The summed E-state index contributed by atoms with van der Waals surface area (Å²) in [5.41, 5.74) is 2.40. The number of ketones is 1. The van der Waals surface area contributed by atoms with Crippen molar-refractivity contribution in [2.75, 3.05) is 21.3 Å². The van der Waals surface area contributed by atoms with Crippen LogP contribution >= 0.6 is 15.9 Å². The Labute approximate surface area is 159 Å². The summed E-state index contributed by atoms with van der Waals surface area (Å²) >= 11 is 3.47. The van der Waals surface area contributed by atoms with Crippen LogP contribution in [0, 0.1) is 0 Å². The van der Waals surface area contributed by atoms with E-state index in [1.165, 1.54) is 27.4 Å². The molecule has 26 heavy (non-hydrogen) atoms. The lowest BCUT2D eigenvalue weighted by atomic mass is 10.1. The molecular formula is C20H18BrNO4. The SMILES string of the molecule is COc1cc(C(=O)/C=C/c2c[nH]c3ccc(Br)cc23)cc(OC)c1OC. The molecule has 1 N–H and O–H groups in total. The highest BCUT2D eigenvalue weighted by atomic mass is 79.9. The molecular weight excluding hydrogens is 398 g/mol. The summed E-state index contributed by atoms with van der Waals surface area (Å²) in [6.45, 7) is 0. The lowest BCUT2D eigenvalue weighted by Gasteiger charge is -2.13. The molecule has 0 aliphatic heterocycles. The number of benzene rings is 2. The third-order valence-electron chi connectivity index (χ3n) is 4.04. The number of aromatic nitrogens is 1. The van der Waals surface area contributed by atoms with Crippen molar-refractivity contribution in [3.8, 4) is 17.2 Å². The van der Waals surface area contributed by atoms with Gasteiger partial charge < -0.3 is 19.2 Å². The van der Waals surface area contributed by atoms with Crippen LogP contribution in [0.4, 0.5) is 0 Å². The predicted molar refractivity (Wildman–Crippen MR) is 105 cm³/mol. The van der Waals surface area contributed by atoms with Crippen molar-refractivity contribution < 1.29 is 19.0 Å². The highest BCUT2D eigenvalue weighted by molar-refractivity contribution is 9.10. The first kappa shape index (κ1) is 18.1. The van der Waals surface area contributed by atoms with Crippen molar-refractivity contribution >= 4 is 38.7 Å². The molecule has 3 aromatic rings. The van der Waals surface area contributed by atoms with Crippen LogP contribution in [0.15, 0.2) is 47.1 Å². The van der Waals surface area contributed by atoms with Gasteiger partial charge in [0.25, 0.3) is 0 Å². The number of carbonyl (C=O) groups excluding carboxylic acids is 1. The molecule has 0 atom stereocenters. The molecule has 0 spiro atoms. The van der Waals surface area contributed by atoms with Gasteiger partial charge in [0.15, 0.2) is 17.3 Å². The van der Waals surface area contributed by atoms with E-state index in [-0.39, 0.29) is 5.78 Å². The number of hydrogen-bond acceptors (Lipinski definition) is 4. The standard InChI is InChI=1S/C20H18BrNO4/c1-24-18-8-13(9-19(25-2)20(18)26-3)17(23)7-4-12-11-22-16-6-5-14(21)10-15(12)16/h4-11,22H,1-3H3/b7-4+. The Bertz CT molecular complexity index is 966. The second-order valence-electron chi connectivity index (χ2n) is 5.55. The molecule has 2 aromatic carbocycles. The first-order chi connectivity index (χ1) is 12.6. The number of aromatic amines is 1. The lowest BCUT2D eigenvalue weighted by Crippen LogP contribution is -2.00. The summed E-state index contributed by atoms with van der Waals surface area (Å²) in [5, 5.41) is 1.04. The van der Waals surface area contributed by atoms with Crippen molar-refractivity contribution in [3.63, 3.8) is 0 Å². The molecule has 0 radical (unpaired) electrons. The molecule has 134 valence electrons. The van der Waals surface area contributed by atoms with Gasteiger partial charge in [0.05, 0.1) is 21.3 Å². The highest BCUT2D eigenvalue weighted by Crippen LogP contribution is 2.38. The molecule has 0 saturated heterocycles. The van der Waals surface area contributed by atoms with Gasteiger partial charge in [-0.05, 0) is 48.0 Å². The first-order valence-electron chi connectivity index (χ1n) is 7.86. The zero-order valence-electron chi connectivity index (χ0n) is 14.6. The fourth-order valence-corrected chi connectivity index (χ4v) is 3.10. The van der Waals surface area contributed by atoms with Crippen molar-refractivity contribution in [2.24, 2.45) is 0 Å². The van der Waals surface area contributed by atoms with Crippen LogP contribution in [0.1, 0.15) is 15.9 Å².